The topological polar surface area (TPSA) is 49.7 Å². The minimum Gasteiger partial charge on any atom is -0.279 e. The van der Waals surface area contributed by atoms with Crippen molar-refractivity contribution in [2.24, 2.45) is 4.99 Å². The van der Waals surface area contributed by atoms with Gasteiger partial charge in [-0.15, -0.1) is 0 Å². The highest BCUT2D eigenvalue weighted by Crippen LogP contribution is 2.21. The van der Waals surface area contributed by atoms with Crippen LogP contribution in [0.3, 0.4) is 0 Å². The summed E-state index contributed by atoms with van der Waals surface area (Å²) in [6.45, 7) is 1.41. The molecule has 1 atom stereocenters. The van der Waals surface area contributed by atoms with Gasteiger partial charge in [0.15, 0.2) is 0 Å². The second-order valence-electron chi connectivity index (χ2n) is 6.20. The smallest absolute Gasteiger partial charge is 0.216 e. The van der Waals surface area contributed by atoms with E-state index in [1.807, 2.05) is 0 Å². The number of halogens is 1. The number of hydrogen-bond acceptors (Lipinski definition) is 3. The van der Waals surface area contributed by atoms with Crippen molar-refractivity contribution >= 4 is 36.3 Å². The maximum atomic E-state index is 12.7. The summed E-state index contributed by atoms with van der Waals surface area (Å²) in [7, 11) is -3.15. The van der Waals surface area contributed by atoms with Gasteiger partial charge in [-0.05, 0) is 48.3 Å². The zero-order chi connectivity index (χ0) is 15.1. The Hall–Kier alpha value is 0.310. The maximum absolute atomic E-state index is 12.7. The summed E-state index contributed by atoms with van der Waals surface area (Å²) in [6, 6.07) is -0.0138. The van der Waals surface area contributed by atoms with E-state index in [2.05, 4.69) is 27.6 Å². The summed E-state index contributed by atoms with van der Waals surface area (Å²) in [5, 5.41) is 0. The van der Waals surface area contributed by atoms with Crippen LogP contribution >= 0.6 is 22.6 Å². The molecule has 0 aliphatic carbocycles. The first kappa shape index (κ1) is 17.7. The van der Waals surface area contributed by atoms with Crippen LogP contribution in [0.4, 0.5) is 0 Å². The molecule has 0 aromatic rings. The van der Waals surface area contributed by atoms with E-state index >= 15 is 0 Å². The molecule has 0 bridgehead atoms. The quantitative estimate of drug-likeness (QED) is 0.646. The van der Waals surface area contributed by atoms with Crippen molar-refractivity contribution in [3.8, 4) is 0 Å². The monoisotopic (exact) mass is 426 g/mol. The molecule has 2 aliphatic heterocycles. The van der Waals surface area contributed by atoms with Gasteiger partial charge in [-0.1, -0.05) is 38.5 Å². The number of hydrogen-bond donors (Lipinski definition) is 0. The summed E-state index contributed by atoms with van der Waals surface area (Å²) in [5.74, 6) is 0.208. The Morgan fingerprint density at radius 3 is 2.00 bits per heavy atom. The largest absolute Gasteiger partial charge is 0.279 e. The average molecular weight is 426 g/mol. The van der Waals surface area contributed by atoms with E-state index in [0.29, 0.717) is 13.1 Å². The van der Waals surface area contributed by atoms with Crippen LogP contribution in [0.1, 0.15) is 64.2 Å². The molecule has 1 unspecified atom stereocenters. The van der Waals surface area contributed by atoms with Gasteiger partial charge in [0.1, 0.15) is 0 Å². The van der Waals surface area contributed by atoms with E-state index in [4.69, 9.17) is 0 Å². The van der Waals surface area contributed by atoms with Crippen molar-refractivity contribution in [3.05, 3.63) is 0 Å². The van der Waals surface area contributed by atoms with Crippen LogP contribution in [-0.2, 0) is 10.0 Å². The molecule has 0 aromatic carbocycles. The molecule has 2 rings (SSSR count). The van der Waals surface area contributed by atoms with Gasteiger partial charge in [-0.25, -0.2) is 12.7 Å². The Labute approximate surface area is 143 Å². The molecule has 1 saturated heterocycles. The van der Waals surface area contributed by atoms with Gasteiger partial charge in [0.25, 0.3) is 0 Å². The van der Waals surface area contributed by atoms with Crippen molar-refractivity contribution in [2.75, 3.05) is 18.8 Å². The van der Waals surface area contributed by atoms with Gasteiger partial charge in [0.2, 0.25) is 10.0 Å². The normalized spacial score (nSPS) is 27.1. The molecule has 21 heavy (non-hydrogen) atoms. The molecule has 0 aromatic heterocycles. The molecule has 0 amide bonds. The van der Waals surface area contributed by atoms with Crippen LogP contribution in [0, 0.1) is 0 Å². The summed E-state index contributed by atoms with van der Waals surface area (Å²) in [4.78, 5) is 4.46. The first-order valence-electron chi connectivity index (χ1n) is 8.28. The second-order valence-corrected chi connectivity index (χ2v) is 9.46. The van der Waals surface area contributed by atoms with E-state index in [1.54, 1.807) is 4.31 Å². The highest BCUT2D eigenvalue weighted by molar-refractivity contribution is 14.1. The molecular weight excluding hydrogens is 399 g/mol. The van der Waals surface area contributed by atoms with Crippen molar-refractivity contribution < 1.29 is 8.42 Å². The van der Waals surface area contributed by atoms with Crippen LogP contribution in [0.5, 0.6) is 0 Å². The number of aliphatic imine (C=N–C) groups is 1. The van der Waals surface area contributed by atoms with Gasteiger partial charge in [0, 0.05) is 13.1 Å². The lowest BCUT2D eigenvalue weighted by Crippen LogP contribution is -2.37. The van der Waals surface area contributed by atoms with Gasteiger partial charge >= 0.3 is 0 Å². The highest BCUT2D eigenvalue weighted by atomic mass is 127. The van der Waals surface area contributed by atoms with Crippen LogP contribution < -0.4 is 0 Å². The molecule has 4 nitrogen and oxygen atoms in total. The number of nitrogens with zero attached hydrogens (tertiary/aromatic N) is 2. The summed E-state index contributed by atoms with van der Waals surface area (Å²) < 4.78 is 28.1. The maximum Gasteiger partial charge on any atom is 0.216 e. The summed E-state index contributed by atoms with van der Waals surface area (Å²) >= 11 is 2.22. The predicted molar refractivity (Wildman–Crippen MR) is 96.8 cm³/mol. The van der Waals surface area contributed by atoms with E-state index in [0.717, 1.165) is 42.2 Å². The van der Waals surface area contributed by atoms with Gasteiger partial charge < -0.3 is 0 Å². The zero-order valence-corrected chi connectivity index (χ0v) is 15.7. The fraction of sp³-hybridized carbons (Fsp3) is 0.933. The molecule has 0 saturated carbocycles. The van der Waals surface area contributed by atoms with Gasteiger partial charge in [-0.3, -0.25) is 4.99 Å². The minimum atomic E-state index is -3.15. The average Bonchev–Trinajstić information content (AvgIpc) is 2.79. The highest BCUT2D eigenvalue weighted by Gasteiger charge is 2.27. The molecule has 1 fully saturated rings. The third-order valence-corrected chi connectivity index (χ3v) is 7.14. The van der Waals surface area contributed by atoms with Crippen LogP contribution in [0.2, 0.25) is 0 Å². The van der Waals surface area contributed by atoms with Crippen molar-refractivity contribution in [1.82, 2.24) is 4.31 Å². The molecule has 122 valence electrons. The fourth-order valence-corrected chi connectivity index (χ4v) is 5.57. The Bertz CT molecular complexity index is 439. The van der Waals surface area contributed by atoms with E-state index in [9.17, 15) is 8.42 Å². The second kappa shape index (κ2) is 8.82. The van der Waals surface area contributed by atoms with Crippen molar-refractivity contribution in [3.63, 3.8) is 0 Å². The lowest BCUT2D eigenvalue weighted by atomic mass is 10.1. The van der Waals surface area contributed by atoms with E-state index < -0.39 is 10.0 Å². The zero-order valence-electron chi connectivity index (χ0n) is 12.8. The van der Waals surface area contributed by atoms with Crippen LogP contribution in [-0.4, -0.2) is 41.3 Å². The van der Waals surface area contributed by atoms with Gasteiger partial charge in [0.05, 0.1) is 15.5 Å². The lowest BCUT2D eigenvalue weighted by Gasteiger charge is -2.23. The number of rotatable bonds is 3. The predicted octanol–water partition coefficient (Wildman–Crippen LogP) is 3.75. The molecular formula is C15H27IN2O2S. The van der Waals surface area contributed by atoms with Crippen LogP contribution in [0.15, 0.2) is 4.99 Å². The van der Waals surface area contributed by atoms with Crippen LogP contribution in [0.25, 0.3) is 0 Å². The lowest BCUT2D eigenvalue weighted by molar-refractivity contribution is 0.389. The Morgan fingerprint density at radius 1 is 1.00 bits per heavy atom. The molecule has 0 spiro atoms. The Morgan fingerprint density at radius 2 is 1.52 bits per heavy atom. The standard InChI is InChI=1S/C15H27IN2O2S/c16-15-10-9-14(17-15)13-21(19,20)18-11-7-5-3-1-2-4-6-8-12-18/h14H,1-13H2. The van der Waals surface area contributed by atoms with Gasteiger partial charge in [-0.2, -0.15) is 0 Å². The summed E-state index contributed by atoms with van der Waals surface area (Å²) in [6.07, 6.45) is 11.3. The van der Waals surface area contributed by atoms with Crippen molar-refractivity contribution in [1.29, 1.82) is 0 Å². The molecule has 2 aliphatic rings. The molecule has 0 radical (unpaired) electrons. The third kappa shape index (κ3) is 6.14. The third-order valence-electron chi connectivity index (χ3n) is 4.37. The minimum absolute atomic E-state index is 0.0138. The molecule has 0 N–H and O–H groups in total. The molecule has 6 heteroatoms. The fourth-order valence-electron chi connectivity index (χ4n) is 3.11. The SMILES string of the molecule is O=S(=O)(CC1CCC(I)=N1)N1CCCCCCCCCC1. The van der Waals surface area contributed by atoms with Crippen molar-refractivity contribution in [2.45, 2.75) is 70.3 Å². The molecule has 2 heterocycles. The Kier molecular flexibility index (Phi) is 7.41. The first-order chi connectivity index (χ1) is 10.1. The van der Waals surface area contributed by atoms with E-state index in [-0.39, 0.29) is 11.8 Å². The number of sulfonamides is 1. The first-order valence-corrected chi connectivity index (χ1v) is 11.0. The van der Waals surface area contributed by atoms with E-state index in [1.165, 1.54) is 25.7 Å². The Balaban J connectivity index is 1.93. The summed E-state index contributed by atoms with van der Waals surface area (Å²) in [5.41, 5.74) is 0.